The number of anilines is 2. The Bertz CT molecular complexity index is 1540. The zero-order valence-electron chi connectivity index (χ0n) is 24.9. The number of aromatic amines is 1. The molecular formula is C30H40ClN7O4S. The number of piperidine rings is 1. The summed E-state index contributed by atoms with van der Waals surface area (Å²) in [4.78, 5) is 30.9. The number of piperazine rings is 1. The summed E-state index contributed by atoms with van der Waals surface area (Å²) < 4.78 is 35.0. The Morgan fingerprint density at radius 3 is 2.65 bits per heavy atom. The molecule has 2 aromatic heterocycles. The van der Waals surface area contributed by atoms with Crippen LogP contribution in [-0.2, 0) is 19.6 Å². The number of rotatable bonds is 11. The van der Waals surface area contributed by atoms with E-state index in [9.17, 15) is 13.2 Å². The second-order valence-electron chi connectivity index (χ2n) is 11.5. The number of methoxy groups -OCH3 is 1. The first kappa shape index (κ1) is 31.4. The molecule has 0 spiro atoms. The number of benzene rings is 1. The van der Waals surface area contributed by atoms with Crippen molar-refractivity contribution in [2.75, 3.05) is 70.3 Å². The number of carbonyl (C=O) groups excluding carboxylic acids is 1. The zero-order chi connectivity index (χ0) is 30.7. The van der Waals surface area contributed by atoms with Crippen LogP contribution in [0.15, 0.2) is 49.2 Å². The van der Waals surface area contributed by atoms with E-state index in [1.807, 2.05) is 37.2 Å². The Morgan fingerprint density at radius 1 is 1.21 bits per heavy atom. The number of halogens is 1. The molecule has 43 heavy (non-hydrogen) atoms. The van der Waals surface area contributed by atoms with Gasteiger partial charge in [0.25, 0.3) is 0 Å². The second kappa shape index (κ2) is 13.3. The number of sulfonamides is 1. The molecule has 2 fully saturated rings. The maximum Gasteiger partial charge on any atom is 0.226 e. The van der Waals surface area contributed by atoms with Gasteiger partial charge >= 0.3 is 0 Å². The molecule has 1 aromatic carbocycles. The van der Waals surface area contributed by atoms with E-state index in [0.29, 0.717) is 35.7 Å². The van der Waals surface area contributed by atoms with Crippen LogP contribution in [0, 0.1) is 5.92 Å². The van der Waals surface area contributed by atoms with Crippen LogP contribution in [0.2, 0.25) is 5.02 Å². The monoisotopic (exact) mass is 629 g/mol. The average molecular weight is 630 g/mol. The summed E-state index contributed by atoms with van der Waals surface area (Å²) in [6, 6.07) is 8.28. The van der Waals surface area contributed by atoms with Crippen LogP contribution in [0.5, 0.6) is 0 Å². The van der Waals surface area contributed by atoms with E-state index in [-0.39, 0.29) is 19.1 Å². The van der Waals surface area contributed by atoms with Gasteiger partial charge in [-0.3, -0.25) is 4.90 Å². The number of carbonyl (C=O) groups is 1. The highest BCUT2D eigenvalue weighted by atomic mass is 35.5. The average Bonchev–Trinajstić information content (AvgIpc) is 3.41. The van der Waals surface area contributed by atoms with Crippen molar-refractivity contribution in [2.45, 2.75) is 30.2 Å². The number of fused-ring (bicyclic) bond motifs is 1. The largest absolute Gasteiger partial charge is 0.383 e. The predicted octanol–water partition coefficient (Wildman–Crippen LogP) is 3.35. The summed E-state index contributed by atoms with van der Waals surface area (Å²) in [5, 5.41) is 0.419. The minimum absolute atomic E-state index is 0.0789. The lowest BCUT2D eigenvalue weighted by Crippen LogP contribution is -2.63. The van der Waals surface area contributed by atoms with E-state index in [2.05, 4.69) is 31.3 Å². The van der Waals surface area contributed by atoms with E-state index in [4.69, 9.17) is 16.3 Å². The molecule has 232 valence electrons. The Morgan fingerprint density at radius 2 is 1.98 bits per heavy atom. The number of ether oxygens (including phenoxy) is 1. The molecule has 0 aliphatic carbocycles. The fourth-order valence-electron chi connectivity index (χ4n) is 6.17. The zero-order valence-corrected chi connectivity index (χ0v) is 26.5. The molecule has 0 bridgehead atoms. The minimum Gasteiger partial charge on any atom is -0.383 e. The van der Waals surface area contributed by atoms with E-state index in [1.54, 1.807) is 25.4 Å². The normalized spacial score (nSPS) is 21.6. The van der Waals surface area contributed by atoms with Gasteiger partial charge in [0, 0.05) is 82.4 Å². The number of hydrogen-bond acceptors (Lipinski definition) is 9. The van der Waals surface area contributed by atoms with E-state index in [1.165, 1.54) is 10.4 Å². The number of aldehydes is 1. The summed E-state index contributed by atoms with van der Waals surface area (Å²) in [6.45, 7) is 6.85. The van der Waals surface area contributed by atoms with Crippen molar-refractivity contribution >= 4 is 50.6 Å². The summed E-state index contributed by atoms with van der Waals surface area (Å²) in [6.07, 6.45) is 5.97. The predicted molar refractivity (Wildman–Crippen MR) is 170 cm³/mol. The summed E-state index contributed by atoms with van der Waals surface area (Å²) in [5.74, 6) is 1.95. The van der Waals surface area contributed by atoms with Crippen LogP contribution in [0.4, 0.5) is 11.8 Å². The SMILES string of the molecule is C=CC(c1cc2ccc(Cl)cc2[nH]1)S(=O)(=O)N1CC(C=O)N(CC2CCN(c3ccnc(N(C)C)n3)CC2)C(COC)C1. The molecule has 0 radical (unpaired) electrons. The van der Waals surface area contributed by atoms with Gasteiger partial charge in [-0.2, -0.15) is 9.29 Å². The lowest BCUT2D eigenvalue weighted by Gasteiger charge is -2.46. The molecule has 2 aliphatic heterocycles. The molecule has 3 aromatic rings. The topological polar surface area (TPSA) is 115 Å². The Hall–Kier alpha value is -3.03. The maximum atomic E-state index is 14.0. The van der Waals surface area contributed by atoms with Gasteiger partial charge in [0.15, 0.2) is 0 Å². The molecule has 0 amide bonds. The summed E-state index contributed by atoms with van der Waals surface area (Å²) in [7, 11) is 1.55. The van der Waals surface area contributed by atoms with Crippen molar-refractivity contribution in [3.8, 4) is 0 Å². The Kier molecular flexibility index (Phi) is 9.72. The van der Waals surface area contributed by atoms with Crippen LogP contribution in [-0.4, -0.2) is 111 Å². The van der Waals surface area contributed by atoms with Gasteiger partial charge in [-0.1, -0.05) is 23.7 Å². The maximum absolute atomic E-state index is 14.0. The smallest absolute Gasteiger partial charge is 0.226 e. The molecule has 11 nitrogen and oxygen atoms in total. The van der Waals surface area contributed by atoms with E-state index in [0.717, 1.165) is 48.9 Å². The van der Waals surface area contributed by atoms with Gasteiger partial charge in [-0.25, -0.2) is 13.4 Å². The van der Waals surface area contributed by atoms with Gasteiger partial charge in [-0.05, 0) is 48.4 Å². The van der Waals surface area contributed by atoms with Crippen molar-refractivity contribution in [1.82, 2.24) is 24.2 Å². The molecule has 2 aliphatic rings. The van der Waals surface area contributed by atoms with Gasteiger partial charge < -0.3 is 24.3 Å². The minimum atomic E-state index is -3.90. The van der Waals surface area contributed by atoms with Crippen molar-refractivity contribution in [3.63, 3.8) is 0 Å². The number of hydrogen-bond donors (Lipinski definition) is 1. The number of H-pyrrole nitrogens is 1. The van der Waals surface area contributed by atoms with Crippen molar-refractivity contribution in [3.05, 3.63) is 59.9 Å². The van der Waals surface area contributed by atoms with Gasteiger partial charge in [0.05, 0.1) is 12.6 Å². The van der Waals surface area contributed by atoms with Crippen molar-refractivity contribution in [1.29, 1.82) is 0 Å². The van der Waals surface area contributed by atoms with E-state index < -0.39 is 21.3 Å². The van der Waals surface area contributed by atoms with Crippen molar-refractivity contribution < 1.29 is 17.9 Å². The number of aromatic nitrogens is 3. The molecule has 3 atom stereocenters. The molecule has 13 heteroatoms. The third kappa shape index (κ3) is 6.73. The van der Waals surface area contributed by atoms with Crippen LogP contribution >= 0.6 is 11.6 Å². The molecule has 2 saturated heterocycles. The highest BCUT2D eigenvalue weighted by Gasteiger charge is 2.43. The first-order chi connectivity index (χ1) is 20.6. The third-order valence-corrected chi connectivity index (χ3v) is 10.8. The first-order valence-corrected chi connectivity index (χ1v) is 16.4. The highest BCUT2D eigenvalue weighted by molar-refractivity contribution is 7.89. The summed E-state index contributed by atoms with van der Waals surface area (Å²) in [5.41, 5.74) is 1.26. The van der Waals surface area contributed by atoms with Gasteiger partial charge in [0.1, 0.15) is 17.4 Å². The third-order valence-electron chi connectivity index (χ3n) is 8.46. The lowest BCUT2D eigenvalue weighted by atomic mass is 9.94. The molecular weight excluding hydrogens is 590 g/mol. The fourth-order valence-corrected chi connectivity index (χ4v) is 8.10. The highest BCUT2D eigenvalue weighted by Crippen LogP contribution is 2.33. The molecule has 5 rings (SSSR count). The van der Waals surface area contributed by atoms with Gasteiger partial charge in [-0.15, -0.1) is 6.58 Å². The Balaban J connectivity index is 1.29. The van der Waals surface area contributed by atoms with Crippen LogP contribution in [0.3, 0.4) is 0 Å². The van der Waals surface area contributed by atoms with Crippen LogP contribution in [0.1, 0.15) is 23.8 Å². The lowest BCUT2D eigenvalue weighted by molar-refractivity contribution is -0.116. The quantitative estimate of drug-likeness (QED) is 0.252. The second-order valence-corrected chi connectivity index (χ2v) is 14.0. The van der Waals surface area contributed by atoms with Crippen molar-refractivity contribution in [2.24, 2.45) is 5.92 Å². The molecule has 1 N–H and O–H groups in total. The number of nitrogens with zero attached hydrogens (tertiary/aromatic N) is 6. The Labute approximate surface area is 258 Å². The van der Waals surface area contributed by atoms with E-state index >= 15 is 0 Å². The number of nitrogens with one attached hydrogen (secondary N) is 1. The van der Waals surface area contributed by atoms with Crippen LogP contribution < -0.4 is 9.80 Å². The molecule has 0 saturated carbocycles. The summed E-state index contributed by atoms with van der Waals surface area (Å²) >= 11 is 6.14. The van der Waals surface area contributed by atoms with Crippen LogP contribution in [0.25, 0.3) is 10.9 Å². The van der Waals surface area contributed by atoms with Gasteiger partial charge in [0.2, 0.25) is 16.0 Å². The molecule has 4 heterocycles. The first-order valence-electron chi connectivity index (χ1n) is 14.5. The fraction of sp³-hybridized carbons (Fsp3) is 0.500. The standard InChI is InChI=1S/C30H40ClN7O4S/c1-5-28(27-14-22-6-7-23(31)15-26(22)33-27)43(40,41)37-17-24(19-39)38(25(18-37)20-42-4)16-21-9-12-36(13-10-21)29-8-11-32-30(34-29)35(2)3/h5-8,11,14-15,19,21,24-25,28,33H,1,9-10,12-13,16-18,20H2,2-4H3. The molecule has 3 unspecified atom stereocenters.